The third-order valence-corrected chi connectivity index (χ3v) is 3.31. The molecule has 1 aromatic heterocycles. The number of nitrogens with one attached hydrogen (secondary N) is 1. The Morgan fingerprint density at radius 1 is 1.56 bits per heavy atom. The third-order valence-electron chi connectivity index (χ3n) is 1.93. The summed E-state index contributed by atoms with van der Waals surface area (Å²) in [5, 5.41) is 8.31. The number of hydrogen-bond donors (Lipinski definition) is 2. The average Bonchev–Trinajstić information content (AvgIpc) is 2.59. The molecule has 0 fully saturated rings. The van der Waals surface area contributed by atoms with Crippen LogP contribution in [-0.2, 0) is 16.1 Å². The Bertz CT molecular complexity index is 400. The minimum Gasteiger partial charge on any atom is -0.479 e. The molecular weight excluding hydrogens is 230 g/mol. The average molecular weight is 243 g/mol. The molecule has 0 aliphatic heterocycles. The van der Waals surface area contributed by atoms with Crippen molar-refractivity contribution in [2.75, 3.05) is 6.61 Å². The number of carbonyl (C=O) groups is 2. The zero-order valence-electron chi connectivity index (χ0n) is 9.07. The van der Waals surface area contributed by atoms with Crippen LogP contribution in [0.2, 0.25) is 0 Å². The van der Waals surface area contributed by atoms with Crippen molar-refractivity contribution in [3.8, 4) is 0 Å². The summed E-state index contributed by atoms with van der Waals surface area (Å²) in [5.41, 5.74) is 3.15. The van der Waals surface area contributed by atoms with E-state index in [2.05, 4.69) is 10.3 Å². The minimum absolute atomic E-state index is 0.408. The topological polar surface area (TPSA) is 75.6 Å². The molecule has 0 saturated carbocycles. The van der Waals surface area contributed by atoms with Crippen LogP contribution in [0, 0.1) is 6.92 Å². The number of hydrogen-bond acceptors (Lipinski definition) is 4. The molecule has 5 nitrogen and oxygen atoms in total. The Balaban J connectivity index is 2.56. The van der Waals surface area contributed by atoms with Gasteiger partial charge in [-0.15, -0.1) is 11.3 Å². The number of carboxylic acids is 1. The van der Waals surface area contributed by atoms with Gasteiger partial charge in [-0.3, -0.25) is 9.63 Å². The lowest BCUT2D eigenvalue weighted by atomic mass is 10.2. The SMILES string of the molecule is CCc1sc(C(=O)NOCC(=O)O)cc1C. The number of carbonyl (C=O) groups excluding carboxylic acids is 1. The number of thiophene rings is 1. The van der Waals surface area contributed by atoms with Crippen LogP contribution in [0.3, 0.4) is 0 Å². The zero-order chi connectivity index (χ0) is 12.1. The summed E-state index contributed by atoms with van der Waals surface area (Å²) in [4.78, 5) is 27.8. The fourth-order valence-electron chi connectivity index (χ4n) is 1.20. The first kappa shape index (κ1) is 12.7. The lowest BCUT2D eigenvalue weighted by Crippen LogP contribution is -2.25. The van der Waals surface area contributed by atoms with Crippen molar-refractivity contribution in [1.82, 2.24) is 5.48 Å². The van der Waals surface area contributed by atoms with E-state index in [1.165, 1.54) is 11.3 Å². The Morgan fingerprint density at radius 3 is 2.75 bits per heavy atom. The van der Waals surface area contributed by atoms with Gasteiger partial charge in [0.05, 0.1) is 4.88 Å². The molecule has 2 N–H and O–H groups in total. The second-order valence-electron chi connectivity index (χ2n) is 3.18. The van der Waals surface area contributed by atoms with Crippen LogP contribution in [0.1, 0.15) is 27.0 Å². The minimum atomic E-state index is -1.13. The van der Waals surface area contributed by atoms with Crippen molar-refractivity contribution in [1.29, 1.82) is 0 Å². The molecule has 88 valence electrons. The van der Waals surface area contributed by atoms with Gasteiger partial charge in [0.25, 0.3) is 5.91 Å². The van der Waals surface area contributed by atoms with Crippen LogP contribution in [0.4, 0.5) is 0 Å². The zero-order valence-corrected chi connectivity index (χ0v) is 9.89. The van der Waals surface area contributed by atoms with Gasteiger partial charge in [-0.2, -0.15) is 0 Å². The van der Waals surface area contributed by atoms with E-state index < -0.39 is 18.5 Å². The number of rotatable bonds is 5. The van der Waals surface area contributed by atoms with Gasteiger partial charge in [0, 0.05) is 4.88 Å². The molecule has 0 aromatic carbocycles. The molecule has 0 aliphatic carbocycles. The van der Waals surface area contributed by atoms with Gasteiger partial charge in [-0.1, -0.05) is 6.92 Å². The molecule has 0 unspecified atom stereocenters. The van der Waals surface area contributed by atoms with Crippen molar-refractivity contribution < 1.29 is 19.5 Å². The Kier molecular flexibility index (Phi) is 4.45. The molecule has 1 amide bonds. The highest BCUT2D eigenvalue weighted by atomic mass is 32.1. The molecule has 0 aliphatic rings. The van der Waals surface area contributed by atoms with E-state index >= 15 is 0 Å². The fourth-order valence-corrected chi connectivity index (χ4v) is 2.20. The molecule has 0 radical (unpaired) electrons. The van der Waals surface area contributed by atoms with Gasteiger partial charge in [0.15, 0.2) is 6.61 Å². The van der Waals surface area contributed by atoms with E-state index in [4.69, 9.17) is 5.11 Å². The summed E-state index contributed by atoms with van der Waals surface area (Å²) < 4.78 is 0. The van der Waals surface area contributed by atoms with Gasteiger partial charge in [0.1, 0.15) is 0 Å². The largest absolute Gasteiger partial charge is 0.479 e. The van der Waals surface area contributed by atoms with E-state index in [1.54, 1.807) is 6.07 Å². The van der Waals surface area contributed by atoms with E-state index in [0.717, 1.165) is 16.9 Å². The first-order valence-corrected chi connectivity index (χ1v) is 5.59. The molecule has 1 heterocycles. The lowest BCUT2D eigenvalue weighted by Gasteiger charge is -2.00. The van der Waals surface area contributed by atoms with Gasteiger partial charge in [-0.25, -0.2) is 10.3 Å². The Morgan fingerprint density at radius 2 is 2.25 bits per heavy atom. The highest BCUT2D eigenvalue weighted by Gasteiger charge is 2.11. The second kappa shape index (κ2) is 5.62. The molecule has 1 aromatic rings. The number of aliphatic carboxylic acids is 1. The Labute approximate surface area is 97.0 Å². The summed E-state index contributed by atoms with van der Waals surface area (Å²) in [5.74, 6) is -1.54. The van der Waals surface area contributed by atoms with E-state index in [0.29, 0.717) is 4.88 Å². The monoisotopic (exact) mass is 243 g/mol. The molecule has 6 heteroatoms. The van der Waals surface area contributed by atoms with Gasteiger partial charge in [0.2, 0.25) is 0 Å². The molecule has 0 atom stereocenters. The smallest absolute Gasteiger partial charge is 0.332 e. The van der Waals surface area contributed by atoms with Crippen LogP contribution in [0.25, 0.3) is 0 Å². The normalized spacial score (nSPS) is 10.1. The quantitative estimate of drug-likeness (QED) is 0.766. The molecule has 0 spiro atoms. The highest BCUT2D eigenvalue weighted by Crippen LogP contribution is 2.22. The number of carboxylic acid groups (broad SMARTS) is 1. The van der Waals surface area contributed by atoms with Crippen molar-refractivity contribution in [2.45, 2.75) is 20.3 Å². The first-order valence-electron chi connectivity index (χ1n) is 4.77. The summed E-state index contributed by atoms with van der Waals surface area (Å²) in [6.45, 7) is 3.41. The molecule has 16 heavy (non-hydrogen) atoms. The lowest BCUT2D eigenvalue weighted by molar-refractivity contribution is -0.144. The Hall–Kier alpha value is -1.40. The summed E-state index contributed by atoms with van der Waals surface area (Å²) in [7, 11) is 0. The van der Waals surface area contributed by atoms with E-state index in [1.807, 2.05) is 13.8 Å². The fraction of sp³-hybridized carbons (Fsp3) is 0.400. The number of aryl methyl sites for hydroxylation is 2. The second-order valence-corrected chi connectivity index (χ2v) is 4.32. The predicted octanol–water partition coefficient (Wildman–Crippen LogP) is 1.36. The summed E-state index contributed by atoms with van der Waals surface area (Å²) in [6.07, 6.45) is 0.875. The predicted molar refractivity (Wildman–Crippen MR) is 59.5 cm³/mol. The van der Waals surface area contributed by atoms with E-state index in [-0.39, 0.29) is 0 Å². The van der Waals surface area contributed by atoms with Gasteiger partial charge in [-0.05, 0) is 25.0 Å². The van der Waals surface area contributed by atoms with Crippen molar-refractivity contribution in [3.05, 3.63) is 21.4 Å². The summed E-state index contributed by atoms with van der Waals surface area (Å²) in [6, 6.07) is 1.77. The van der Waals surface area contributed by atoms with Crippen LogP contribution in [0.5, 0.6) is 0 Å². The standard InChI is InChI=1S/C10H13NO4S/c1-3-7-6(2)4-8(16-7)10(14)11-15-5-9(12)13/h4H,3,5H2,1-2H3,(H,11,14)(H,12,13). The highest BCUT2D eigenvalue weighted by molar-refractivity contribution is 7.14. The molecule has 0 bridgehead atoms. The van der Waals surface area contributed by atoms with Crippen molar-refractivity contribution in [2.24, 2.45) is 0 Å². The van der Waals surface area contributed by atoms with E-state index in [9.17, 15) is 9.59 Å². The molecular formula is C10H13NO4S. The number of hydroxylamine groups is 1. The summed E-state index contributed by atoms with van der Waals surface area (Å²) >= 11 is 1.39. The van der Waals surface area contributed by atoms with Crippen LogP contribution in [0.15, 0.2) is 6.07 Å². The molecule has 1 rings (SSSR count). The van der Waals surface area contributed by atoms with Crippen molar-refractivity contribution in [3.63, 3.8) is 0 Å². The van der Waals surface area contributed by atoms with Crippen LogP contribution < -0.4 is 5.48 Å². The third kappa shape index (κ3) is 3.32. The van der Waals surface area contributed by atoms with Gasteiger partial charge < -0.3 is 5.11 Å². The van der Waals surface area contributed by atoms with Gasteiger partial charge >= 0.3 is 5.97 Å². The molecule has 0 saturated heterocycles. The number of amides is 1. The van der Waals surface area contributed by atoms with Crippen molar-refractivity contribution >= 4 is 23.2 Å². The maximum Gasteiger partial charge on any atom is 0.332 e. The maximum absolute atomic E-state index is 11.5. The first-order chi connectivity index (χ1) is 7.54. The van der Waals surface area contributed by atoms with Crippen LogP contribution >= 0.6 is 11.3 Å². The maximum atomic E-state index is 11.5. The van der Waals surface area contributed by atoms with Crippen LogP contribution in [-0.4, -0.2) is 23.6 Å².